The average molecular weight is 271 g/mol. The van der Waals surface area contributed by atoms with Crippen LogP contribution in [0.25, 0.3) is 0 Å². The summed E-state index contributed by atoms with van der Waals surface area (Å²) in [7, 11) is 0. The van der Waals surface area contributed by atoms with Crippen molar-refractivity contribution < 1.29 is 0 Å². The summed E-state index contributed by atoms with van der Waals surface area (Å²) in [6.07, 6.45) is 0.982. The van der Waals surface area contributed by atoms with Crippen LogP contribution >= 0.6 is 11.8 Å². The molecule has 0 spiro atoms. The van der Waals surface area contributed by atoms with Gasteiger partial charge in [-0.05, 0) is 42.2 Å². The molecule has 0 saturated heterocycles. The zero-order valence-electron chi connectivity index (χ0n) is 11.6. The van der Waals surface area contributed by atoms with Gasteiger partial charge in [0.05, 0.1) is 0 Å². The number of benzene rings is 2. The summed E-state index contributed by atoms with van der Waals surface area (Å²) in [6, 6.07) is 17.4. The minimum atomic E-state index is 0.162. The fourth-order valence-electron chi connectivity index (χ4n) is 1.98. The second-order valence-electron chi connectivity index (χ2n) is 4.80. The lowest BCUT2D eigenvalue weighted by Crippen LogP contribution is -2.07. The summed E-state index contributed by atoms with van der Waals surface area (Å²) >= 11 is 1.87. The van der Waals surface area contributed by atoms with Crippen molar-refractivity contribution in [1.29, 1.82) is 0 Å². The van der Waals surface area contributed by atoms with Gasteiger partial charge in [0.1, 0.15) is 0 Å². The number of aryl methyl sites for hydroxylation is 1. The Balaban J connectivity index is 1.99. The van der Waals surface area contributed by atoms with Crippen molar-refractivity contribution in [2.24, 2.45) is 5.73 Å². The molecule has 2 N–H and O–H groups in total. The standard InChI is InChI=1S/C17H21NS/c1-3-17(18)14-8-10-16(11-9-14)19-12-15-7-5-4-6-13(15)2/h4-11,17H,3,12,18H2,1-2H3/t17-/m1/s1. The summed E-state index contributed by atoms with van der Waals surface area (Å²) < 4.78 is 0. The topological polar surface area (TPSA) is 26.0 Å². The lowest BCUT2D eigenvalue weighted by Gasteiger charge is -2.10. The number of hydrogen-bond acceptors (Lipinski definition) is 2. The van der Waals surface area contributed by atoms with E-state index in [1.165, 1.54) is 21.6 Å². The van der Waals surface area contributed by atoms with Crippen LogP contribution in [0.3, 0.4) is 0 Å². The van der Waals surface area contributed by atoms with Crippen LogP contribution in [0.5, 0.6) is 0 Å². The van der Waals surface area contributed by atoms with Gasteiger partial charge >= 0.3 is 0 Å². The van der Waals surface area contributed by atoms with Gasteiger partial charge in [0, 0.05) is 16.7 Å². The molecule has 0 aromatic heterocycles. The molecule has 2 heteroatoms. The first-order chi connectivity index (χ1) is 9.20. The van der Waals surface area contributed by atoms with E-state index in [2.05, 4.69) is 62.4 Å². The summed E-state index contributed by atoms with van der Waals surface area (Å²) in [6.45, 7) is 4.28. The molecule has 2 rings (SSSR count). The Morgan fingerprint density at radius 3 is 2.37 bits per heavy atom. The van der Waals surface area contributed by atoms with Crippen LogP contribution in [-0.2, 0) is 5.75 Å². The second kappa shape index (κ2) is 6.78. The largest absolute Gasteiger partial charge is 0.324 e. The predicted molar refractivity (Wildman–Crippen MR) is 84.4 cm³/mol. The zero-order valence-corrected chi connectivity index (χ0v) is 12.4. The van der Waals surface area contributed by atoms with Gasteiger partial charge in [0.2, 0.25) is 0 Å². The van der Waals surface area contributed by atoms with Crippen LogP contribution in [0.1, 0.15) is 36.1 Å². The Morgan fingerprint density at radius 2 is 1.74 bits per heavy atom. The molecule has 0 aliphatic rings. The van der Waals surface area contributed by atoms with Gasteiger partial charge < -0.3 is 5.73 Å². The molecule has 0 aliphatic heterocycles. The zero-order chi connectivity index (χ0) is 13.7. The average Bonchev–Trinajstić information content (AvgIpc) is 2.46. The quantitative estimate of drug-likeness (QED) is 0.798. The first-order valence-corrected chi connectivity index (χ1v) is 7.72. The summed E-state index contributed by atoms with van der Waals surface area (Å²) in [5.41, 5.74) is 10.0. The molecular formula is C17H21NS. The minimum absolute atomic E-state index is 0.162. The van der Waals surface area contributed by atoms with Gasteiger partial charge in [-0.25, -0.2) is 0 Å². The maximum Gasteiger partial charge on any atom is 0.0292 e. The Bertz CT molecular complexity index is 519. The lowest BCUT2D eigenvalue weighted by atomic mass is 10.1. The predicted octanol–water partition coefficient (Wildman–Crippen LogP) is 4.70. The molecule has 0 aliphatic carbocycles. The van der Waals surface area contributed by atoms with E-state index >= 15 is 0 Å². The van der Waals surface area contributed by atoms with E-state index in [0.717, 1.165) is 12.2 Å². The van der Waals surface area contributed by atoms with Crippen molar-refractivity contribution >= 4 is 11.8 Å². The van der Waals surface area contributed by atoms with Crippen molar-refractivity contribution in [2.75, 3.05) is 0 Å². The van der Waals surface area contributed by atoms with E-state index in [1.807, 2.05) is 11.8 Å². The number of rotatable bonds is 5. The van der Waals surface area contributed by atoms with Crippen molar-refractivity contribution in [3.63, 3.8) is 0 Å². The molecule has 100 valence electrons. The molecule has 0 bridgehead atoms. The molecule has 2 aromatic rings. The van der Waals surface area contributed by atoms with Gasteiger partial charge in [-0.15, -0.1) is 11.8 Å². The highest BCUT2D eigenvalue weighted by Gasteiger charge is 2.03. The second-order valence-corrected chi connectivity index (χ2v) is 5.85. The molecule has 1 nitrogen and oxygen atoms in total. The lowest BCUT2D eigenvalue weighted by molar-refractivity contribution is 0.698. The van der Waals surface area contributed by atoms with Gasteiger partial charge in [0.15, 0.2) is 0 Å². The van der Waals surface area contributed by atoms with Crippen LogP contribution in [0.15, 0.2) is 53.4 Å². The van der Waals surface area contributed by atoms with Crippen molar-refractivity contribution in [3.8, 4) is 0 Å². The third kappa shape index (κ3) is 3.85. The van der Waals surface area contributed by atoms with Crippen LogP contribution in [-0.4, -0.2) is 0 Å². The first kappa shape index (κ1) is 14.2. The van der Waals surface area contributed by atoms with Gasteiger partial charge in [-0.1, -0.05) is 43.3 Å². The van der Waals surface area contributed by atoms with Gasteiger partial charge in [0.25, 0.3) is 0 Å². The van der Waals surface area contributed by atoms with E-state index in [0.29, 0.717) is 0 Å². The molecule has 0 fully saturated rings. The highest BCUT2D eigenvalue weighted by molar-refractivity contribution is 7.98. The molecule has 19 heavy (non-hydrogen) atoms. The van der Waals surface area contributed by atoms with E-state index in [1.54, 1.807) is 0 Å². The van der Waals surface area contributed by atoms with Crippen LogP contribution in [0, 0.1) is 6.92 Å². The van der Waals surface area contributed by atoms with Crippen LogP contribution < -0.4 is 5.73 Å². The normalized spacial score (nSPS) is 12.4. The van der Waals surface area contributed by atoms with Crippen molar-refractivity contribution in [1.82, 2.24) is 0 Å². The molecule has 0 heterocycles. The number of hydrogen-bond donors (Lipinski definition) is 1. The van der Waals surface area contributed by atoms with E-state index < -0.39 is 0 Å². The SMILES string of the molecule is CC[C@@H](N)c1ccc(SCc2ccccc2C)cc1. The maximum atomic E-state index is 6.02. The number of nitrogens with two attached hydrogens (primary N) is 1. The first-order valence-electron chi connectivity index (χ1n) is 6.73. The molecular weight excluding hydrogens is 250 g/mol. The Kier molecular flexibility index (Phi) is 5.06. The van der Waals surface area contributed by atoms with Crippen molar-refractivity contribution in [2.45, 2.75) is 37.0 Å². The van der Waals surface area contributed by atoms with E-state index in [-0.39, 0.29) is 6.04 Å². The molecule has 2 aromatic carbocycles. The summed E-state index contributed by atoms with van der Waals surface area (Å²) in [5.74, 6) is 1.02. The molecule has 1 atom stereocenters. The third-order valence-corrected chi connectivity index (χ3v) is 4.46. The van der Waals surface area contributed by atoms with Crippen LogP contribution in [0.2, 0.25) is 0 Å². The smallest absolute Gasteiger partial charge is 0.0292 e. The third-order valence-electron chi connectivity index (χ3n) is 3.40. The van der Waals surface area contributed by atoms with Gasteiger partial charge in [-0.3, -0.25) is 0 Å². The summed E-state index contributed by atoms with van der Waals surface area (Å²) in [4.78, 5) is 1.30. The highest BCUT2D eigenvalue weighted by Crippen LogP contribution is 2.25. The minimum Gasteiger partial charge on any atom is -0.324 e. The Morgan fingerprint density at radius 1 is 1.05 bits per heavy atom. The van der Waals surface area contributed by atoms with E-state index in [9.17, 15) is 0 Å². The Labute approximate surface area is 120 Å². The molecule has 0 saturated carbocycles. The monoisotopic (exact) mass is 271 g/mol. The van der Waals surface area contributed by atoms with E-state index in [4.69, 9.17) is 5.73 Å². The summed E-state index contributed by atoms with van der Waals surface area (Å²) in [5, 5.41) is 0. The number of thioether (sulfide) groups is 1. The Hall–Kier alpha value is -1.25. The fourth-order valence-corrected chi connectivity index (χ4v) is 2.95. The fraction of sp³-hybridized carbons (Fsp3) is 0.294. The van der Waals surface area contributed by atoms with Gasteiger partial charge in [-0.2, -0.15) is 0 Å². The molecule has 0 unspecified atom stereocenters. The highest BCUT2D eigenvalue weighted by atomic mass is 32.2. The molecule has 0 amide bonds. The van der Waals surface area contributed by atoms with Crippen LogP contribution in [0.4, 0.5) is 0 Å². The maximum absolute atomic E-state index is 6.02. The molecule has 0 radical (unpaired) electrons. The van der Waals surface area contributed by atoms with Crippen molar-refractivity contribution in [3.05, 3.63) is 65.2 Å².